The summed E-state index contributed by atoms with van der Waals surface area (Å²) in [7, 11) is 3.20. The van der Waals surface area contributed by atoms with Crippen LogP contribution in [-0.2, 0) is 37.0 Å². The van der Waals surface area contributed by atoms with Crippen molar-refractivity contribution in [3.8, 4) is 34.4 Å². The van der Waals surface area contributed by atoms with E-state index in [-0.39, 0.29) is 192 Å². The summed E-state index contributed by atoms with van der Waals surface area (Å²) in [4.78, 5) is 60.8. The van der Waals surface area contributed by atoms with E-state index in [1.54, 1.807) is 106 Å². The van der Waals surface area contributed by atoms with Crippen molar-refractivity contribution in [3.63, 3.8) is 0 Å². The molecule has 2 aliphatic rings. The largest absolute Gasteiger partial charge is 0.508 e. The van der Waals surface area contributed by atoms with Crippen LogP contribution in [0.5, 0.6) is 23.0 Å². The van der Waals surface area contributed by atoms with Gasteiger partial charge in [-0.1, -0.05) is 38.0 Å². The number of hydrogen-bond acceptors (Lipinski definition) is 15. The SMILES string of the molecule is CC(=O)/C=C/B1CC(C)(C)C(C)(C)O1.CCOC(=O)/C=C/c1cn(-c2ccc(OC)cc2)c(=O)c2ccc(CO)cc12.COc1ccc(N2C=C(Br)c3cc(CO)ccc3C2O)cc1.ClCCl.O=C(O)/C=C/c1cn(-c2ccc(O)cc2)c(=O)c2ccc(O)cc12.[B].[Er].[Er].[Er]. The normalized spacial score (nSPS) is 13.8. The molecule has 26 heteroatoms. The molecule has 0 saturated carbocycles. The Hall–Kier alpha value is -4.92. The van der Waals surface area contributed by atoms with E-state index < -0.39 is 18.2 Å². The summed E-state index contributed by atoms with van der Waals surface area (Å²) >= 11 is 13.1. The Labute approximate surface area is 661 Å². The van der Waals surface area contributed by atoms with Crippen molar-refractivity contribution in [2.45, 2.75) is 72.9 Å². The molecule has 0 amide bonds. The molecule has 1 unspecified atom stereocenters. The van der Waals surface area contributed by atoms with Gasteiger partial charge in [0.05, 0.1) is 45.0 Å². The van der Waals surface area contributed by atoms with Crippen molar-refractivity contribution in [2.75, 3.05) is 31.1 Å². The molecule has 95 heavy (non-hydrogen) atoms. The number of nitrogens with zero attached hydrogens (tertiary/aromatic N) is 3. The maximum atomic E-state index is 13.0. The van der Waals surface area contributed by atoms with Crippen LogP contribution in [0, 0.1) is 117 Å². The van der Waals surface area contributed by atoms with Crippen molar-refractivity contribution in [2.24, 2.45) is 5.41 Å². The minimum atomic E-state index is -1.12. The van der Waals surface area contributed by atoms with Gasteiger partial charge in [0.1, 0.15) is 23.0 Å². The molecular formula is C69H71B2BrCl2Er3N3O15. The Balaban J connectivity index is 0.000000428. The van der Waals surface area contributed by atoms with Crippen LogP contribution in [0.25, 0.3) is 49.6 Å². The number of fused-ring (bicyclic) bond motifs is 3. The molecule has 8 aromatic rings. The summed E-state index contributed by atoms with van der Waals surface area (Å²) in [6.07, 6.45) is 12.1. The predicted octanol–water partition coefficient (Wildman–Crippen LogP) is 12.5. The van der Waals surface area contributed by atoms with Crippen LogP contribution in [0.2, 0.25) is 6.32 Å². The first-order chi connectivity index (χ1) is 43.3. The molecule has 0 bridgehead atoms. The summed E-state index contributed by atoms with van der Waals surface area (Å²) in [6.45, 7) is 12.1. The van der Waals surface area contributed by atoms with E-state index in [0.29, 0.717) is 55.4 Å². The van der Waals surface area contributed by atoms with Gasteiger partial charge in [0.25, 0.3) is 11.1 Å². The molecule has 0 spiro atoms. The topological polar surface area (TPSA) is 257 Å². The fraction of sp³-hybridized carbons (Fsp3) is 0.232. The number of aliphatic hydroxyl groups is 3. The maximum Gasteiger partial charge on any atom is 0.330 e. The molecule has 0 aliphatic carbocycles. The number of phenols is 2. The number of phenolic OH excluding ortho intramolecular Hbond substituents is 2. The molecule has 1 atom stereocenters. The Bertz CT molecular complexity index is 4120. The summed E-state index contributed by atoms with van der Waals surface area (Å²) in [6, 6.07) is 35.7. The predicted molar refractivity (Wildman–Crippen MR) is 369 cm³/mol. The average molecular weight is 1860 g/mol. The molecule has 6 aromatic carbocycles. The third-order valence-corrected chi connectivity index (χ3v) is 15.6. The van der Waals surface area contributed by atoms with Crippen molar-refractivity contribution in [3.05, 3.63) is 224 Å². The molecule has 10 rings (SSSR count). The average Bonchev–Trinajstić information content (AvgIpc) is 1.60. The molecule has 1 fully saturated rings. The van der Waals surface area contributed by atoms with Crippen LogP contribution in [0.3, 0.4) is 0 Å². The van der Waals surface area contributed by atoms with Gasteiger partial charge in [0, 0.05) is 189 Å². The number of anilines is 1. The standard InChI is InChI=1S/C22H21NO5.C18H13NO5.C17H16BrNO3.C11H19BO2.CH2Cl2.B.3Er/c1-3-28-21(25)11-5-16-13-23(17-6-8-18(27-2)9-7-17)22(26)19-10-4-15(14-24)12-20(16)19;20-13-4-2-12(3-5-13)19-10-11(1-8-17(22)23)16-9-14(21)6-7-15(16)18(19)24;1-22-13-5-3-12(4-6-13)19-9-16(18)15-8-11(10-20)2-7-14(15)17(19)21;1-9(13)6-7-12-8-10(2,3)11(4,5)14-12;2-1-3;;;;/h4-13,24H,3,14H2,1-2H3;1-10,20-21H,(H,22,23);2-9,17,20-21H,10H2,1H3;6-7H,8H2,1-5H3;1H2;;;;/b11-5+;8-1+;;7-6+;;;;;. The summed E-state index contributed by atoms with van der Waals surface area (Å²) in [5.41, 5.74) is 5.91. The van der Waals surface area contributed by atoms with Crippen LogP contribution in [0.1, 0.15) is 81.2 Å². The molecule has 6 N–H and O–H groups in total. The summed E-state index contributed by atoms with van der Waals surface area (Å²) in [5.74, 6) is 1.88. The molecule has 3 radical (unpaired) electrons. The molecule has 2 aromatic heterocycles. The number of alkyl halides is 2. The number of pyridine rings is 2. The zero-order valence-corrected chi connectivity index (χ0v) is 61.4. The summed E-state index contributed by atoms with van der Waals surface area (Å²) < 4.78 is 24.9. The number of carboxylic acids is 1. The van der Waals surface area contributed by atoms with Gasteiger partial charge in [-0.2, -0.15) is 0 Å². The zero-order valence-electron chi connectivity index (χ0n) is 52.8. The van der Waals surface area contributed by atoms with E-state index in [4.69, 9.17) is 47.2 Å². The van der Waals surface area contributed by atoms with Gasteiger partial charge >= 0.3 is 18.9 Å². The number of benzene rings is 6. The van der Waals surface area contributed by atoms with Gasteiger partial charge in [-0.25, -0.2) is 9.59 Å². The quantitative estimate of drug-likeness (QED) is 0.0256. The number of carbonyl (C=O) groups is 3. The number of carboxylic acid groups (broad SMARTS) is 1. The maximum absolute atomic E-state index is 13.0. The Kier molecular flexibility index (Phi) is 37.0. The number of rotatable bonds is 14. The minimum absolute atomic E-state index is 0. The number of aliphatic hydroxyl groups excluding tert-OH is 3. The molecule has 18 nitrogen and oxygen atoms in total. The minimum Gasteiger partial charge on any atom is -0.508 e. The van der Waals surface area contributed by atoms with Crippen LogP contribution >= 0.6 is 39.1 Å². The fourth-order valence-electron chi connectivity index (χ4n) is 9.58. The van der Waals surface area contributed by atoms with E-state index in [2.05, 4.69) is 43.6 Å². The van der Waals surface area contributed by atoms with E-state index in [1.807, 2.05) is 54.6 Å². The van der Waals surface area contributed by atoms with Crippen molar-refractivity contribution in [1.29, 1.82) is 0 Å². The Morgan fingerprint density at radius 1 is 0.674 bits per heavy atom. The van der Waals surface area contributed by atoms with Gasteiger partial charge in [-0.05, 0) is 221 Å². The molecule has 2 aliphatic heterocycles. The van der Waals surface area contributed by atoms with Gasteiger partial charge in [0.15, 0.2) is 12.0 Å². The van der Waals surface area contributed by atoms with Crippen molar-refractivity contribution < 1.29 is 176 Å². The smallest absolute Gasteiger partial charge is 0.330 e. The van der Waals surface area contributed by atoms with E-state index in [9.17, 15) is 49.5 Å². The monoisotopic (exact) mass is 1850 g/mol. The van der Waals surface area contributed by atoms with Crippen LogP contribution in [0.4, 0.5) is 5.69 Å². The van der Waals surface area contributed by atoms with Crippen LogP contribution in [-0.4, -0.2) is 105 Å². The number of methoxy groups -OCH3 is 2. The number of esters is 1. The third-order valence-electron chi connectivity index (χ3n) is 15.0. The number of ether oxygens (including phenoxy) is 3. The number of allylic oxidation sites excluding steroid dienone is 1. The molecular weight excluding hydrogens is 1780 g/mol. The Morgan fingerprint density at radius 3 is 1.61 bits per heavy atom. The number of aliphatic carboxylic acids is 1. The number of halogens is 3. The number of hydrogen-bond donors (Lipinski definition) is 6. The van der Waals surface area contributed by atoms with E-state index >= 15 is 0 Å². The van der Waals surface area contributed by atoms with Crippen LogP contribution in [0.15, 0.2) is 180 Å². The van der Waals surface area contributed by atoms with E-state index in [1.165, 1.54) is 57.8 Å². The fourth-order valence-corrected chi connectivity index (χ4v) is 10.1. The summed E-state index contributed by atoms with van der Waals surface area (Å²) in [5, 5.41) is 59.4. The number of aromatic hydroxyl groups is 2. The van der Waals surface area contributed by atoms with Gasteiger partial charge < -0.3 is 54.4 Å². The molecule has 1 saturated heterocycles. The van der Waals surface area contributed by atoms with Crippen molar-refractivity contribution in [1.82, 2.24) is 9.13 Å². The number of ketones is 1. The van der Waals surface area contributed by atoms with Gasteiger partial charge in [0.2, 0.25) is 0 Å². The third kappa shape index (κ3) is 23.6. The van der Waals surface area contributed by atoms with Gasteiger partial charge in [-0.3, -0.25) is 23.5 Å². The second-order valence-electron chi connectivity index (χ2n) is 21.6. The first-order valence-electron chi connectivity index (χ1n) is 28.4. The second kappa shape index (κ2) is 40.8. The number of carbonyl (C=O) groups excluding carboxylic acids is 2. The van der Waals surface area contributed by atoms with Crippen molar-refractivity contribution >= 4 is 116 Å². The zero-order chi connectivity index (χ0) is 66.7. The Morgan fingerprint density at radius 2 is 1.14 bits per heavy atom. The van der Waals surface area contributed by atoms with Crippen LogP contribution < -0.4 is 25.5 Å². The number of aromatic nitrogens is 2. The molecule has 4 heterocycles. The van der Waals surface area contributed by atoms with E-state index in [0.717, 1.165) is 45.0 Å². The second-order valence-corrected chi connectivity index (χ2v) is 23.3. The van der Waals surface area contributed by atoms with Gasteiger partial charge in [-0.15, -0.1) is 23.2 Å². The molecule has 515 valence electrons. The first kappa shape index (κ1) is 86.2. The first-order valence-corrected chi connectivity index (χ1v) is 30.3.